The smallest absolute Gasteiger partial charge is 0.319 e. The summed E-state index contributed by atoms with van der Waals surface area (Å²) >= 11 is 6.38. The zero-order chi connectivity index (χ0) is 20.6. The molecule has 1 aliphatic heterocycles. The van der Waals surface area contributed by atoms with E-state index in [9.17, 15) is 9.18 Å². The first-order valence-corrected chi connectivity index (χ1v) is 9.69. The second kappa shape index (κ2) is 7.44. The number of rotatable bonds is 3. The highest BCUT2D eigenvalue weighted by atomic mass is 35.5. The molecular formula is C20H20ClFN4O3. The van der Waals surface area contributed by atoms with Crippen LogP contribution >= 0.6 is 11.6 Å². The van der Waals surface area contributed by atoms with Gasteiger partial charge in [-0.3, -0.25) is 0 Å². The molecule has 152 valence electrons. The number of nitrogens with two attached hydrogens (primary N) is 1. The van der Waals surface area contributed by atoms with Gasteiger partial charge >= 0.3 is 6.03 Å². The van der Waals surface area contributed by atoms with Crippen molar-refractivity contribution in [2.75, 3.05) is 5.32 Å². The number of ether oxygens (including phenoxy) is 1. The largest absolute Gasteiger partial charge is 0.453 e. The molecule has 5 N–H and O–H groups in total. The van der Waals surface area contributed by atoms with Gasteiger partial charge in [0.05, 0.1) is 21.8 Å². The Morgan fingerprint density at radius 2 is 2.00 bits per heavy atom. The standard InChI is InChI=1S/C20H20ClFN4O3/c21-12-7-8-14(29-17-11(18(23)26-28)5-4-6-13(17)22)15-16(12)24-19(27)25-20(15)9-2-1-3-10-20/h4-8,28H,1-3,9-10H2,(H2,23,26)(H2,24,25,27). The van der Waals surface area contributed by atoms with E-state index in [0.717, 1.165) is 19.3 Å². The molecule has 0 atom stereocenters. The van der Waals surface area contributed by atoms with Crippen LogP contribution in [-0.4, -0.2) is 17.1 Å². The summed E-state index contributed by atoms with van der Waals surface area (Å²) in [7, 11) is 0. The van der Waals surface area contributed by atoms with E-state index in [0.29, 0.717) is 34.9 Å². The summed E-state index contributed by atoms with van der Waals surface area (Å²) < 4.78 is 20.6. The van der Waals surface area contributed by atoms with Gasteiger partial charge in [-0.15, -0.1) is 0 Å². The summed E-state index contributed by atoms with van der Waals surface area (Å²) in [4.78, 5) is 12.3. The molecule has 29 heavy (non-hydrogen) atoms. The molecular weight excluding hydrogens is 399 g/mol. The van der Waals surface area contributed by atoms with E-state index < -0.39 is 11.4 Å². The van der Waals surface area contributed by atoms with Gasteiger partial charge in [-0.1, -0.05) is 42.1 Å². The number of para-hydroxylation sites is 1. The monoisotopic (exact) mass is 418 g/mol. The van der Waals surface area contributed by atoms with Crippen LogP contribution in [0.1, 0.15) is 43.2 Å². The average Bonchev–Trinajstić information content (AvgIpc) is 2.71. The maximum Gasteiger partial charge on any atom is 0.319 e. The van der Waals surface area contributed by atoms with E-state index in [-0.39, 0.29) is 23.2 Å². The molecule has 0 unspecified atom stereocenters. The summed E-state index contributed by atoms with van der Waals surface area (Å²) in [6.45, 7) is 0. The molecule has 1 heterocycles. The maximum absolute atomic E-state index is 14.6. The van der Waals surface area contributed by atoms with Gasteiger partial charge in [0.1, 0.15) is 5.75 Å². The second-order valence-electron chi connectivity index (χ2n) is 7.22. The van der Waals surface area contributed by atoms with E-state index in [1.807, 2.05) is 0 Å². The number of benzene rings is 2. The number of urea groups is 1. The predicted molar refractivity (Wildman–Crippen MR) is 107 cm³/mol. The Labute approximate surface area is 171 Å². The van der Waals surface area contributed by atoms with Gasteiger partial charge in [-0.05, 0) is 37.1 Å². The second-order valence-corrected chi connectivity index (χ2v) is 7.63. The van der Waals surface area contributed by atoms with Gasteiger partial charge in [0.15, 0.2) is 17.4 Å². The van der Waals surface area contributed by atoms with Crippen LogP contribution < -0.4 is 21.1 Å². The predicted octanol–water partition coefficient (Wildman–Crippen LogP) is 4.66. The van der Waals surface area contributed by atoms with Crippen molar-refractivity contribution >= 4 is 29.2 Å². The van der Waals surface area contributed by atoms with Gasteiger partial charge in [0, 0.05) is 5.56 Å². The molecule has 9 heteroatoms. The number of amides is 2. The third-order valence-electron chi connectivity index (χ3n) is 5.46. The van der Waals surface area contributed by atoms with Crippen molar-refractivity contribution in [1.29, 1.82) is 0 Å². The number of carbonyl (C=O) groups is 1. The Morgan fingerprint density at radius 1 is 1.24 bits per heavy atom. The minimum atomic E-state index is -0.664. The first-order chi connectivity index (χ1) is 13.9. The molecule has 0 bridgehead atoms. The van der Waals surface area contributed by atoms with Crippen LogP contribution in [0.3, 0.4) is 0 Å². The Hall–Kier alpha value is -3.00. The van der Waals surface area contributed by atoms with Crippen LogP contribution in [0, 0.1) is 5.82 Å². The van der Waals surface area contributed by atoms with Gasteiger partial charge in [0.2, 0.25) is 0 Å². The zero-order valence-electron chi connectivity index (χ0n) is 15.5. The third-order valence-corrected chi connectivity index (χ3v) is 5.77. The number of amidine groups is 1. The number of oxime groups is 1. The fourth-order valence-corrected chi connectivity index (χ4v) is 4.38. The van der Waals surface area contributed by atoms with E-state index in [2.05, 4.69) is 15.8 Å². The lowest BCUT2D eigenvalue weighted by atomic mass is 9.74. The van der Waals surface area contributed by atoms with Crippen LogP contribution in [0.15, 0.2) is 35.5 Å². The van der Waals surface area contributed by atoms with Crippen LogP contribution in [-0.2, 0) is 5.54 Å². The quantitative estimate of drug-likeness (QED) is 0.251. The highest BCUT2D eigenvalue weighted by molar-refractivity contribution is 6.34. The summed E-state index contributed by atoms with van der Waals surface area (Å²) in [5.74, 6) is -0.768. The topological polar surface area (TPSA) is 109 Å². The first-order valence-electron chi connectivity index (χ1n) is 9.31. The molecule has 0 saturated heterocycles. The molecule has 2 amide bonds. The number of nitrogens with one attached hydrogen (secondary N) is 2. The molecule has 2 aliphatic rings. The molecule has 1 aliphatic carbocycles. The number of anilines is 1. The van der Waals surface area contributed by atoms with Gasteiger partial charge in [0.25, 0.3) is 0 Å². The zero-order valence-corrected chi connectivity index (χ0v) is 16.2. The minimum Gasteiger partial charge on any atom is -0.453 e. The van der Waals surface area contributed by atoms with Crippen molar-refractivity contribution in [2.45, 2.75) is 37.6 Å². The number of fused-ring (bicyclic) bond motifs is 2. The summed E-state index contributed by atoms with van der Waals surface area (Å²) in [5, 5.41) is 18.1. The summed E-state index contributed by atoms with van der Waals surface area (Å²) in [5.41, 5.74) is 6.29. The fraction of sp³-hybridized carbons (Fsp3) is 0.300. The number of hydrogen-bond donors (Lipinski definition) is 4. The number of hydrogen-bond acceptors (Lipinski definition) is 4. The van der Waals surface area contributed by atoms with Crippen LogP contribution in [0.2, 0.25) is 5.02 Å². The third kappa shape index (κ3) is 3.33. The average molecular weight is 419 g/mol. The summed E-state index contributed by atoms with van der Waals surface area (Å²) in [6, 6.07) is 7.05. The molecule has 2 aromatic carbocycles. The van der Waals surface area contributed by atoms with Crippen molar-refractivity contribution in [2.24, 2.45) is 10.9 Å². The van der Waals surface area contributed by atoms with Gasteiger partial charge < -0.3 is 26.3 Å². The van der Waals surface area contributed by atoms with E-state index in [4.69, 9.17) is 27.3 Å². The lowest BCUT2D eigenvalue weighted by molar-refractivity contribution is 0.206. The number of carbonyl (C=O) groups excluding carboxylic acids is 1. The van der Waals surface area contributed by atoms with Crippen LogP contribution in [0.5, 0.6) is 11.5 Å². The minimum absolute atomic E-state index is 0.113. The fourth-order valence-electron chi connectivity index (χ4n) is 4.17. The van der Waals surface area contributed by atoms with Crippen molar-refractivity contribution in [3.05, 3.63) is 52.3 Å². The Balaban J connectivity index is 1.88. The van der Waals surface area contributed by atoms with Crippen LogP contribution in [0.25, 0.3) is 0 Å². The van der Waals surface area contributed by atoms with E-state index in [1.165, 1.54) is 18.2 Å². The first kappa shape index (κ1) is 19.3. The summed E-state index contributed by atoms with van der Waals surface area (Å²) in [6.07, 6.45) is 4.36. The Morgan fingerprint density at radius 3 is 2.72 bits per heavy atom. The molecule has 7 nitrogen and oxygen atoms in total. The molecule has 4 rings (SSSR count). The molecule has 1 fully saturated rings. The lowest BCUT2D eigenvalue weighted by Gasteiger charge is -2.43. The number of halogens is 2. The van der Waals surface area contributed by atoms with E-state index in [1.54, 1.807) is 12.1 Å². The highest BCUT2D eigenvalue weighted by Gasteiger charge is 2.43. The van der Waals surface area contributed by atoms with Crippen molar-refractivity contribution in [1.82, 2.24) is 5.32 Å². The van der Waals surface area contributed by atoms with Gasteiger partial charge in [-0.2, -0.15) is 0 Å². The maximum atomic E-state index is 14.6. The Kier molecular flexibility index (Phi) is 4.96. The molecule has 0 aromatic heterocycles. The van der Waals surface area contributed by atoms with Crippen molar-refractivity contribution in [3.63, 3.8) is 0 Å². The molecule has 0 radical (unpaired) electrons. The number of nitrogens with zero attached hydrogens (tertiary/aromatic N) is 1. The normalized spacial score (nSPS) is 18.0. The molecule has 1 saturated carbocycles. The Bertz CT molecular complexity index is 1010. The lowest BCUT2D eigenvalue weighted by Crippen LogP contribution is -2.52. The van der Waals surface area contributed by atoms with E-state index >= 15 is 0 Å². The van der Waals surface area contributed by atoms with Crippen LogP contribution in [0.4, 0.5) is 14.9 Å². The molecule has 1 spiro atoms. The molecule has 2 aromatic rings. The highest BCUT2D eigenvalue weighted by Crippen LogP contribution is 2.50. The van der Waals surface area contributed by atoms with Crippen molar-refractivity contribution < 1.29 is 19.1 Å². The SMILES string of the molecule is N/C(=N\O)c1cccc(F)c1Oc1ccc(Cl)c2c1C1(CCCCC1)NC(=O)N2. The van der Waals surface area contributed by atoms with Crippen molar-refractivity contribution in [3.8, 4) is 11.5 Å². The van der Waals surface area contributed by atoms with Gasteiger partial charge in [-0.25, -0.2) is 9.18 Å².